The van der Waals surface area contributed by atoms with Gasteiger partial charge in [-0.15, -0.1) is 0 Å². The van der Waals surface area contributed by atoms with E-state index in [-0.39, 0.29) is 5.92 Å². The number of nitriles is 1. The molecule has 0 fully saturated rings. The molecule has 2 aromatic carbocycles. The molecular formula is C22H18F3NO. The Morgan fingerprint density at radius 2 is 1.74 bits per heavy atom. The summed E-state index contributed by atoms with van der Waals surface area (Å²) in [5.74, 6) is 0.384. The van der Waals surface area contributed by atoms with E-state index in [1.807, 2.05) is 38.1 Å². The number of alkyl halides is 3. The number of halogens is 3. The van der Waals surface area contributed by atoms with Crippen LogP contribution in [-0.2, 0) is 6.18 Å². The second-order valence-corrected chi connectivity index (χ2v) is 6.48. The number of allylic oxidation sites excluding steroid dienone is 3. The monoisotopic (exact) mass is 369 g/mol. The number of hydrogen-bond acceptors (Lipinski definition) is 2. The van der Waals surface area contributed by atoms with Crippen molar-refractivity contribution in [3.8, 4) is 11.8 Å². The van der Waals surface area contributed by atoms with E-state index in [4.69, 9.17) is 4.74 Å². The van der Waals surface area contributed by atoms with Crippen LogP contribution >= 0.6 is 0 Å². The van der Waals surface area contributed by atoms with Gasteiger partial charge < -0.3 is 4.74 Å². The van der Waals surface area contributed by atoms with Crippen molar-refractivity contribution in [1.29, 1.82) is 5.26 Å². The number of methoxy groups -OCH3 is 1. The molecule has 1 aliphatic rings. The molecular weight excluding hydrogens is 351 g/mol. The Kier molecular flexibility index (Phi) is 4.84. The second kappa shape index (κ2) is 6.96. The third-order valence-electron chi connectivity index (χ3n) is 4.79. The molecule has 1 aliphatic carbocycles. The summed E-state index contributed by atoms with van der Waals surface area (Å²) in [6.07, 6.45) is -2.49. The van der Waals surface area contributed by atoms with Gasteiger partial charge in [-0.1, -0.05) is 18.2 Å². The standard InChI is InChI=1S/C22H18F3NO/c1-13(12-26)21-14(2)19(18-9-8-17(27-3)11-20(18)21)10-15-4-6-16(7-5-15)22(23,24)25/h4-11,13H,1-3H3. The summed E-state index contributed by atoms with van der Waals surface area (Å²) in [6, 6.07) is 13.0. The molecule has 0 spiro atoms. The Bertz CT molecular complexity index is 976. The van der Waals surface area contributed by atoms with Crippen molar-refractivity contribution >= 4 is 17.2 Å². The summed E-state index contributed by atoms with van der Waals surface area (Å²) in [7, 11) is 1.58. The van der Waals surface area contributed by atoms with Crippen LogP contribution in [0.25, 0.3) is 17.2 Å². The number of hydrogen-bond donors (Lipinski definition) is 0. The van der Waals surface area contributed by atoms with E-state index in [0.29, 0.717) is 11.3 Å². The molecule has 0 saturated heterocycles. The average molecular weight is 369 g/mol. The third kappa shape index (κ3) is 3.48. The SMILES string of the molecule is COc1ccc2c(c1)C(C(C)C#N)=C(C)C2=Cc1ccc(C(F)(F)F)cc1. The number of nitrogens with zero attached hydrogens (tertiary/aromatic N) is 1. The molecule has 0 N–H and O–H groups in total. The minimum atomic E-state index is -4.35. The van der Waals surface area contributed by atoms with Gasteiger partial charge in [0.05, 0.1) is 24.7 Å². The Balaban J connectivity index is 2.12. The van der Waals surface area contributed by atoms with Crippen molar-refractivity contribution in [3.05, 3.63) is 70.3 Å². The van der Waals surface area contributed by atoms with Crippen LogP contribution in [0.15, 0.2) is 48.0 Å². The lowest BCUT2D eigenvalue weighted by Crippen LogP contribution is -2.04. The predicted octanol–water partition coefficient (Wildman–Crippen LogP) is 6.20. The molecule has 27 heavy (non-hydrogen) atoms. The summed E-state index contributed by atoms with van der Waals surface area (Å²) in [5.41, 5.74) is 4.66. The van der Waals surface area contributed by atoms with Gasteiger partial charge in [0.15, 0.2) is 0 Å². The first-order valence-electron chi connectivity index (χ1n) is 8.44. The first-order chi connectivity index (χ1) is 12.8. The molecule has 0 amide bonds. The van der Waals surface area contributed by atoms with E-state index in [1.165, 1.54) is 12.1 Å². The number of benzene rings is 2. The molecule has 2 aromatic rings. The maximum absolute atomic E-state index is 12.8. The van der Waals surface area contributed by atoms with Gasteiger partial charge in [0, 0.05) is 0 Å². The lowest BCUT2D eigenvalue weighted by Gasteiger charge is -2.09. The smallest absolute Gasteiger partial charge is 0.416 e. The quantitative estimate of drug-likeness (QED) is 0.645. The minimum Gasteiger partial charge on any atom is -0.497 e. The van der Waals surface area contributed by atoms with E-state index in [1.54, 1.807) is 7.11 Å². The fraction of sp³-hybridized carbons (Fsp3) is 0.227. The van der Waals surface area contributed by atoms with Crippen LogP contribution in [0.2, 0.25) is 0 Å². The predicted molar refractivity (Wildman–Crippen MR) is 99.7 cm³/mol. The molecule has 0 heterocycles. The maximum atomic E-state index is 12.8. The van der Waals surface area contributed by atoms with E-state index < -0.39 is 11.7 Å². The lowest BCUT2D eigenvalue weighted by molar-refractivity contribution is -0.137. The highest BCUT2D eigenvalue weighted by Crippen LogP contribution is 2.46. The Labute approximate surface area is 156 Å². The van der Waals surface area contributed by atoms with Gasteiger partial charge >= 0.3 is 6.18 Å². The summed E-state index contributed by atoms with van der Waals surface area (Å²) in [6.45, 7) is 3.77. The van der Waals surface area contributed by atoms with Crippen molar-refractivity contribution in [2.24, 2.45) is 5.92 Å². The van der Waals surface area contributed by atoms with Crippen LogP contribution in [0.5, 0.6) is 5.75 Å². The first kappa shape index (κ1) is 18.8. The zero-order chi connectivity index (χ0) is 19.8. The molecule has 0 aromatic heterocycles. The largest absolute Gasteiger partial charge is 0.497 e. The highest BCUT2D eigenvalue weighted by atomic mass is 19.4. The maximum Gasteiger partial charge on any atom is 0.416 e. The molecule has 2 nitrogen and oxygen atoms in total. The highest BCUT2D eigenvalue weighted by molar-refractivity contribution is 6.06. The molecule has 0 radical (unpaired) electrons. The zero-order valence-corrected chi connectivity index (χ0v) is 15.2. The molecule has 0 saturated carbocycles. The third-order valence-corrected chi connectivity index (χ3v) is 4.79. The van der Waals surface area contributed by atoms with Gasteiger partial charge in [-0.3, -0.25) is 0 Å². The Hall–Kier alpha value is -3.00. The van der Waals surface area contributed by atoms with Gasteiger partial charge in [-0.2, -0.15) is 18.4 Å². The van der Waals surface area contributed by atoms with Crippen molar-refractivity contribution in [2.75, 3.05) is 7.11 Å². The second-order valence-electron chi connectivity index (χ2n) is 6.48. The van der Waals surface area contributed by atoms with Gasteiger partial charge in [0.1, 0.15) is 5.75 Å². The molecule has 138 valence electrons. The average Bonchev–Trinajstić information content (AvgIpc) is 2.92. The van der Waals surface area contributed by atoms with Crippen LogP contribution in [0.4, 0.5) is 13.2 Å². The highest BCUT2D eigenvalue weighted by Gasteiger charge is 2.30. The number of ether oxygens (including phenoxy) is 1. The van der Waals surface area contributed by atoms with Crippen molar-refractivity contribution in [1.82, 2.24) is 0 Å². The Morgan fingerprint density at radius 3 is 2.30 bits per heavy atom. The molecule has 1 atom stereocenters. The summed E-state index contributed by atoms with van der Waals surface area (Å²) < 4.78 is 43.6. The van der Waals surface area contributed by atoms with Crippen molar-refractivity contribution < 1.29 is 17.9 Å². The van der Waals surface area contributed by atoms with Gasteiger partial charge in [0.25, 0.3) is 0 Å². The van der Waals surface area contributed by atoms with Crippen molar-refractivity contribution in [3.63, 3.8) is 0 Å². The van der Waals surface area contributed by atoms with Gasteiger partial charge in [0.2, 0.25) is 0 Å². The molecule has 3 rings (SSSR count). The first-order valence-corrected chi connectivity index (χ1v) is 8.44. The van der Waals surface area contributed by atoms with E-state index >= 15 is 0 Å². The van der Waals surface area contributed by atoms with E-state index in [9.17, 15) is 18.4 Å². The summed E-state index contributed by atoms with van der Waals surface area (Å²) in [5, 5.41) is 9.41. The lowest BCUT2D eigenvalue weighted by atomic mass is 9.95. The normalized spacial score (nSPS) is 16.3. The Morgan fingerprint density at radius 1 is 1.07 bits per heavy atom. The zero-order valence-electron chi connectivity index (χ0n) is 15.2. The van der Waals surface area contributed by atoms with Crippen LogP contribution in [0, 0.1) is 17.2 Å². The van der Waals surface area contributed by atoms with Gasteiger partial charge in [-0.25, -0.2) is 0 Å². The molecule has 0 aliphatic heterocycles. The number of rotatable bonds is 3. The molecule has 0 bridgehead atoms. The molecule has 1 unspecified atom stereocenters. The molecule has 5 heteroatoms. The van der Waals surface area contributed by atoms with Crippen LogP contribution < -0.4 is 4.74 Å². The summed E-state index contributed by atoms with van der Waals surface area (Å²) in [4.78, 5) is 0. The van der Waals surface area contributed by atoms with Gasteiger partial charge in [-0.05, 0) is 77.6 Å². The van der Waals surface area contributed by atoms with E-state index in [2.05, 4.69) is 6.07 Å². The van der Waals surface area contributed by atoms with Crippen LogP contribution in [0.3, 0.4) is 0 Å². The van der Waals surface area contributed by atoms with E-state index in [0.717, 1.165) is 40.0 Å². The van der Waals surface area contributed by atoms with Crippen LogP contribution in [0.1, 0.15) is 36.1 Å². The fourth-order valence-corrected chi connectivity index (χ4v) is 3.40. The van der Waals surface area contributed by atoms with Crippen molar-refractivity contribution in [2.45, 2.75) is 20.0 Å². The summed E-state index contributed by atoms with van der Waals surface area (Å²) >= 11 is 0. The minimum absolute atomic E-state index is 0.311. The fourth-order valence-electron chi connectivity index (χ4n) is 3.40. The topological polar surface area (TPSA) is 33.0 Å². The number of fused-ring (bicyclic) bond motifs is 1. The van der Waals surface area contributed by atoms with Crippen LogP contribution in [-0.4, -0.2) is 7.11 Å².